The molecule has 1 heterocycles. The summed E-state index contributed by atoms with van der Waals surface area (Å²) < 4.78 is 7.05. The van der Waals surface area contributed by atoms with Crippen molar-refractivity contribution >= 4 is 29.3 Å². The van der Waals surface area contributed by atoms with Crippen LogP contribution in [0.1, 0.15) is 34.2 Å². The maximum Gasteiger partial charge on any atom is 0.251 e. The molecule has 0 aliphatic carbocycles. The highest BCUT2D eigenvalue weighted by atomic mass is 32.2. The Balaban J connectivity index is 1.58. The van der Waals surface area contributed by atoms with Crippen molar-refractivity contribution in [2.75, 3.05) is 18.2 Å². The fraction of sp³-hybridized carbons (Fsp3) is 0.304. The van der Waals surface area contributed by atoms with Gasteiger partial charge < -0.3 is 19.9 Å². The maximum atomic E-state index is 12.4. The highest BCUT2D eigenvalue weighted by molar-refractivity contribution is 7.99. The summed E-state index contributed by atoms with van der Waals surface area (Å²) in [5.41, 5.74) is 3.48. The molecule has 168 valence electrons. The first-order valence-corrected chi connectivity index (χ1v) is 11.2. The van der Waals surface area contributed by atoms with E-state index < -0.39 is 0 Å². The minimum Gasteiger partial charge on any atom is -0.497 e. The molecule has 2 amide bonds. The number of carbonyl (C=O) groups excluding carboxylic acids is 2. The summed E-state index contributed by atoms with van der Waals surface area (Å²) in [6.45, 7) is 6.81. The molecule has 0 aliphatic heterocycles. The number of aromatic nitrogens is 3. The van der Waals surface area contributed by atoms with Gasteiger partial charge in [0.1, 0.15) is 5.75 Å². The molecule has 0 spiro atoms. The molecule has 9 heteroatoms. The van der Waals surface area contributed by atoms with Crippen molar-refractivity contribution in [3.05, 3.63) is 65.0 Å². The second-order valence-corrected chi connectivity index (χ2v) is 8.21. The molecule has 3 aromatic rings. The molecule has 0 aliphatic rings. The van der Waals surface area contributed by atoms with Gasteiger partial charge in [-0.25, -0.2) is 0 Å². The van der Waals surface area contributed by atoms with E-state index in [-0.39, 0.29) is 24.1 Å². The lowest BCUT2D eigenvalue weighted by molar-refractivity contribution is -0.113. The van der Waals surface area contributed by atoms with Gasteiger partial charge >= 0.3 is 0 Å². The number of thioether (sulfide) groups is 1. The molecule has 0 radical (unpaired) electrons. The standard InChI is InChI=1S/C23H27N5O3S/c1-5-28-20(13-24-22(30)17-7-6-8-19(12-17)31-4)26-27-23(28)32-14-21(29)25-18-10-15(2)9-16(3)11-18/h6-12H,5,13-14H2,1-4H3,(H,24,30)(H,25,29). The first kappa shape index (κ1) is 23.3. The van der Waals surface area contributed by atoms with Crippen LogP contribution in [0, 0.1) is 13.8 Å². The van der Waals surface area contributed by atoms with Crippen molar-refractivity contribution < 1.29 is 14.3 Å². The minimum atomic E-state index is -0.225. The predicted molar refractivity (Wildman–Crippen MR) is 125 cm³/mol. The Labute approximate surface area is 191 Å². The second-order valence-electron chi connectivity index (χ2n) is 7.27. The molecule has 2 aromatic carbocycles. The van der Waals surface area contributed by atoms with Gasteiger partial charge in [-0.05, 0) is 62.2 Å². The summed E-state index contributed by atoms with van der Waals surface area (Å²) in [6, 6.07) is 12.9. The fourth-order valence-corrected chi connectivity index (χ4v) is 4.10. The number of aryl methyl sites for hydroxylation is 2. The average molecular weight is 454 g/mol. The highest BCUT2D eigenvalue weighted by Crippen LogP contribution is 2.19. The van der Waals surface area contributed by atoms with Crippen LogP contribution in [0.25, 0.3) is 0 Å². The zero-order valence-corrected chi connectivity index (χ0v) is 19.5. The lowest BCUT2D eigenvalue weighted by atomic mass is 10.1. The number of ether oxygens (including phenoxy) is 1. The zero-order chi connectivity index (χ0) is 23.1. The number of rotatable bonds is 9. The number of nitrogens with zero attached hydrogens (tertiary/aromatic N) is 3. The molecule has 1 aromatic heterocycles. The van der Waals surface area contributed by atoms with E-state index in [1.165, 1.54) is 11.8 Å². The van der Waals surface area contributed by atoms with E-state index >= 15 is 0 Å². The maximum absolute atomic E-state index is 12.4. The average Bonchev–Trinajstić information content (AvgIpc) is 3.17. The number of carbonyl (C=O) groups is 2. The SMILES string of the molecule is CCn1c(CNC(=O)c2cccc(OC)c2)nnc1SCC(=O)Nc1cc(C)cc(C)c1. The summed E-state index contributed by atoms with van der Waals surface area (Å²) in [5, 5.41) is 14.8. The molecule has 32 heavy (non-hydrogen) atoms. The van der Waals surface area contributed by atoms with Crippen LogP contribution in [0.4, 0.5) is 5.69 Å². The normalized spacial score (nSPS) is 10.6. The third-order valence-electron chi connectivity index (χ3n) is 4.69. The van der Waals surface area contributed by atoms with E-state index in [1.54, 1.807) is 31.4 Å². The van der Waals surface area contributed by atoms with Crippen molar-refractivity contribution in [3.63, 3.8) is 0 Å². The third kappa shape index (κ3) is 6.10. The van der Waals surface area contributed by atoms with Crippen LogP contribution in [0.15, 0.2) is 47.6 Å². The molecule has 0 unspecified atom stereocenters. The summed E-state index contributed by atoms with van der Waals surface area (Å²) in [6.07, 6.45) is 0. The van der Waals surface area contributed by atoms with Crippen LogP contribution in [0.2, 0.25) is 0 Å². The number of benzene rings is 2. The summed E-state index contributed by atoms with van der Waals surface area (Å²) in [4.78, 5) is 24.8. The Bertz CT molecular complexity index is 1090. The topological polar surface area (TPSA) is 98.1 Å². The molecule has 0 saturated carbocycles. The Morgan fingerprint density at radius 1 is 1.09 bits per heavy atom. The monoisotopic (exact) mass is 453 g/mol. The van der Waals surface area contributed by atoms with Crippen LogP contribution in [-0.4, -0.2) is 39.4 Å². The number of methoxy groups -OCH3 is 1. The molecule has 0 atom stereocenters. The van der Waals surface area contributed by atoms with E-state index in [4.69, 9.17) is 4.74 Å². The largest absolute Gasteiger partial charge is 0.497 e. The van der Waals surface area contributed by atoms with Gasteiger partial charge in [0.2, 0.25) is 5.91 Å². The fourth-order valence-electron chi connectivity index (χ4n) is 3.27. The van der Waals surface area contributed by atoms with Crippen molar-refractivity contribution in [2.24, 2.45) is 0 Å². The van der Waals surface area contributed by atoms with E-state index in [9.17, 15) is 9.59 Å². The zero-order valence-electron chi connectivity index (χ0n) is 18.6. The van der Waals surface area contributed by atoms with Gasteiger partial charge in [0, 0.05) is 17.8 Å². The Morgan fingerprint density at radius 2 is 1.84 bits per heavy atom. The van der Waals surface area contributed by atoms with Gasteiger partial charge in [-0.3, -0.25) is 9.59 Å². The summed E-state index contributed by atoms with van der Waals surface area (Å²) >= 11 is 1.31. The molecule has 0 fully saturated rings. The molecule has 0 saturated heterocycles. The van der Waals surface area contributed by atoms with Crippen LogP contribution in [0.3, 0.4) is 0 Å². The van der Waals surface area contributed by atoms with Gasteiger partial charge in [-0.2, -0.15) is 0 Å². The first-order chi connectivity index (χ1) is 15.4. The molecule has 3 rings (SSSR count). The van der Waals surface area contributed by atoms with Crippen LogP contribution in [-0.2, 0) is 17.9 Å². The van der Waals surface area contributed by atoms with Gasteiger partial charge in [-0.1, -0.05) is 23.9 Å². The van der Waals surface area contributed by atoms with Gasteiger partial charge in [-0.15, -0.1) is 10.2 Å². The summed E-state index contributed by atoms with van der Waals surface area (Å²) in [7, 11) is 1.56. The number of nitrogens with one attached hydrogen (secondary N) is 2. The first-order valence-electron chi connectivity index (χ1n) is 10.2. The van der Waals surface area contributed by atoms with Gasteiger partial charge in [0.15, 0.2) is 11.0 Å². The van der Waals surface area contributed by atoms with Crippen molar-refractivity contribution in [1.82, 2.24) is 20.1 Å². The number of amides is 2. The van der Waals surface area contributed by atoms with E-state index in [0.29, 0.717) is 28.8 Å². The quantitative estimate of drug-likeness (QED) is 0.481. The molecular formula is C23H27N5O3S. The van der Waals surface area contributed by atoms with Crippen LogP contribution >= 0.6 is 11.8 Å². The van der Waals surface area contributed by atoms with Crippen LogP contribution in [0.5, 0.6) is 5.75 Å². The molecule has 0 bridgehead atoms. The smallest absolute Gasteiger partial charge is 0.251 e. The van der Waals surface area contributed by atoms with Crippen LogP contribution < -0.4 is 15.4 Å². The van der Waals surface area contributed by atoms with Gasteiger partial charge in [0.05, 0.1) is 19.4 Å². The van der Waals surface area contributed by atoms with E-state index in [2.05, 4.69) is 26.9 Å². The number of anilines is 1. The van der Waals surface area contributed by atoms with E-state index in [1.807, 2.05) is 37.5 Å². The number of hydrogen-bond acceptors (Lipinski definition) is 6. The van der Waals surface area contributed by atoms with Crippen molar-refractivity contribution in [1.29, 1.82) is 0 Å². The Hall–Kier alpha value is -3.33. The Kier molecular flexibility index (Phi) is 7.88. The molecule has 8 nitrogen and oxygen atoms in total. The molecular weight excluding hydrogens is 426 g/mol. The lowest BCUT2D eigenvalue weighted by Crippen LogP contribution is -2.24. The lowest BCUT2D eigenvalue weighted by Gasteiger charge is -2.10. The van der Waals surface area contributed by atoms with Crippen molar-refractivity contribution in [3.8, 4) is 5.75 Å². The van der Waals surface area contributed by atoms with Gasteiger partial charge in [0.25, 0.3) is 5.91 Å². The molecule has 2 N–H and O–H groups in total. The van der Waals surface area contributed by atoms with E-state index in [0.717, 1.165) is 16.8 Å². The minimum absolute atomic E-state index is 0.112. The second kappa shape index (κ2) is 10.8. The third-order valence-corrected chi connectivity index (χ3v) is 5.65. The predicted octanol–water partition coefficient (Wildman–Crippen LogP) is 3.58. The highest BCUT2D eigenvalue weighted by Gasteiger charge is 2.15. The Morgan fingerprint density at radius 3 is 2.53 bits per heavy atom. The number of hydrogen-bond donors (Lipinski definition) is 2. The van der Waals surface area contributed by atoms with Crippen molar-refractivity contribution in [2.45, 2.75) is 39.0 Å². The summed E-state index contributed by atoms with van der Waals surface area (Å²) in [5.74, 6) is 1.12.